The summed E-state index contributed by atoms with van der Waals surface area (Å²) in [6.45, 7) is 0. The van der Waals surface area contributed by atoms with Crippen LogP contribution in [-0.4, -0.2) is 25.5 Å². The molecule has 1 N–H and O–H groups in total. The fourth-order valence-corrected chi connectivity index (χ4v) is 4.95. The van der Waals surface area contributed by atoms with Crippen molar-refractivity contribution < 1.29 is 8.42 Å². The van der Waals surface area contributed by atoms with Gasteiger partial charge in [0.25, 0.3) is 0 Å². The molecule has 2 bridgehead atoms. The van der Waals surface area contributed by atoms with E-state index >= 15 is 0 Å². The molecule has 0 aromatic heterocycles. The average molecular weight is 288 g/mol. The van der Waals surface area contributed by atoms with E-state index in [2.05, 4.69) is 16.4 Å². The molecule has 1 saturated heterocycles. The van der Waals surface area contributed by atoms with E-state index in [-0.39, 0.29) is 5.04 Å². The number of para-hydroxylation sites is 1. The van der Waals surface area contributed by atoms with Crippen molar-refractivity contribution in [2.24, 2.45) is 4.99 Å². The van der Waals surface area contributed by atoms with Crippen molar-refractivity contribution in [3.63, 3.8) is 0 Å². The average Bonchev–Trinajstić information content (AvgIpc) is 2.71. The highest BCUT2D eigenvalue weighted by Gasteiger charge is 2.37. The first-order chi connectivity index (χ1) is 9.64. The van der Waals surface area contributed by atoms with Crippen LogP contribution in [0.3, 0.4) is 0 Å². The van der Waals surface area contributed by atoms with Gasteiger partial charge in [-0.15, -0.1) is 0 Å². The van der Waals surface area contributed by atoms with E-state index in [1.807, 2.05) is 6.07 Å². The number of rotatable bonds is 1. The molecule has 1 aromatic carbocycles. The number of nitrogens with zero attached hydrogens (tertiary/aromatic N) is 1. The summed E-state index contributed by atoms with van der Waals surface area (Å²) in [5, 5.41) is 3.80. The SMILES string of the molecule is O=S1(=O)C(C2=CC3CCCC(C2)N3)=Nc2ccccc21. The van der Waals surface area contributed by atoms with Crippen molar-refractivity contribution >= 4 is 20.6 Å². The van der Waals surface area contributed by atoms with E-state index in [0.29, 0.717) is 22.7 Å². The van der Waals surface area contributed by atoms with Crippen molar-refractivity contribution in [1.29, 1.82) is 0 Å². The molecule has 3 heterocycles. The molecule has 4 nitrogen and oxygen atoms in total. The molecule has 104 valence electrons. The lowest BCUT2D eigenvalue weighted by atomic mass is 9.88. The fourth-order valence-electron chi connectivity index (χ4n) is 3.38. The Balaban J connectivity index is 1.80. The van der Waals surface area contributed by atoms with Gasteiger partial charge in [-0.05, 0) is 37.0 Å². The van der Waals surface area contributed by atoms with Gasteiger partial charge in [-0.25, -0.2) is 13.4 Å². The summed E-state index contributed by atoms with van der Waals surface area (Å²) in [6.07, 6.45) is 6.25. The number of piperidine rings is 1. The Bertz CT molecular complexity index is 734. The summed E-state index contributed by atoms with van der Waals surface area (Å²) >= 11 is 0. The van der Waals surface area contributed by atoms with Crippen LogP contribution in [0.1, 0.15) is 25.7 Å². The fraction of sp³-hybridized carbons (Fsp3) is 0.400. The Morgan fingerprint density at radius 1 is 1.20 bits per heavy atom. The second-order valence-corrected chi connectivity index (χ2v) is 7.52. The second kappa shape index (κ2) is 4.27. The summed E-state index contributed by atoms with van der Waals surface area (Å²) < 4.78 is 25.2. The van der Waals surface area contributed by atoms with E-state index < -0.39 is 9.84 Å². The lowest BCUT2D eigenvalue weighted by Crippen LogP contribution is -2.45. The van der Waals surface area contributed by atoms with E-state index in [9.17, 15) is 8.42 Å². The first kappa shape index (κ1) is 12.3. The van der Waals surface area contributed by atoms with Crippen molar-refractivity contribution in [3.05, 3.63) is 35.9 Å². The number of fused-ring (bicyclic) bond motifs is 3. The van der Waals surface area contributed by atoms with Crippen LogP contribution in [0.25, 0.3) is 0 Å². The van der Waals surface area contributed by atoms with E-state index in [1.165, 1.54) is 6.42 Å². The molecule has 3 aliphatic rings. The Morgan fingerprint density at radius 3 is 2.85 bits per heavy atom. The molecular formula is C15H16N2O2S. The first-order valence-electron chi connectivity index (χ1n) is 7.04. The maximum atomic E-state index is 12.6. The highest BCUT2D eigenvalue weighted by atomic mass is 32.2. The molecule has 20 heavy (non-hydrogen) atoms. The number of hydrogen-bond acceptors (Lipinski definition) is 4. The molecule has 4 rings (SSSR count). The minimum Gasteiger partial charge on any atom is -0.307 e. The summed E-state index contributed by atoms with van der Waals surface area (Å²) in [5.74, 6) is 0. The summed E-state index contributed by atoms with van der Waals surface area (Å²) in [7, 11) is -3.42. The maximum absolute atomic E-state index is 12.6. The molecule has 1 fully saturated rings. The highest BCUT2D eigenvalue weighted by Crippen LogP contribution is 2.37. The number of nitrogens with one attached hydrogen (secondary N) is 1. The van der Waals surface area contributed by atoms with Crippen LogP contribution in [0.4, 0.5) is 5.69 Å². The lowest BCUT2D eigenvalue weighted by Gasteiger charge is -2.34. The third kappa shape index (κ3) is 1.77. The zero-order chi connectivity index (χ0) is 13.7. The van der Waals surface area contributed by atoms with Crippen LogP contribution in [0.5, 0.6) is 0 Å². The van der Waals surface area contributed by atoms with Gasteiger partial charge in [0.2, 0.25) is 9.84 Å². The van der Waals surface area contributed by atoms with Crippen LogP contribution in [-0.2, 0) is 9.84 Å². The van der Waals surface area contributed by atoms with Crippen LogP contribution in [0.2, 0.25) is 0 Å². The molecule has 0 radical (unpaired) electrons. The topological polar surface area (TPSA) is 58.5 Å². The normalized spacial score (nSPS) is 30.4. The van der Waals surface area contributed by atoms with Gasteiger partial charge in [0.05, 0.1) is 10.6 Å². The third-order valence-corrected chi connectivity index (χ3v) is 6.08. The van der Waals surface area contributed by atoms with Gasteiger partial charge in [-0.1, -0.05) is 24.6 Å². The minimum atomic E-state index is -3.42. The van der Waals surface area contributed by atoms with Crippen LogP contribution < -0.4 is 5.32 Å². The molecular weight excluding hydrogens is 272 g/mol. The number of hydrogen-bond donors (Lipinski definition) is 1. The summed E-state index contributed by atoms with van der Waals surface area (Å²) in [6, 6.07) is 7.69. The van der Waals surface area contributed by atoms with Crippen LogP contribution >= 0.6 is 0 Å². The predicted molar refractivity (Wildman–Crippen MR) is 78.0 cm³/mol. The van der Waals surface area contributed by atoms with Crippen LogP contribution in [0.15, 0.2) is 45.8 Å². The molecule has 5 heteroatoms. The Morgan fingerprint density at radius 2 is 2.05 bits per heavy atom. The van der Waals surface area contributed by atoms with Crippen molar-refractivity contribution in [2.75, 3.05) is 0 Å². The molecule has 3 aliphatic heterocycles. The van der Waals surface area contributed by atoms with Gasteiger partial charge >= 0.3 is 0 Å². The monoisotopic (exact) mass is 288 g/mol. The first-order valence-corrected chi connectivity index (χ1v) is 8.53. The standard InChI is InChI=1S/C15H16N2O2S/c18-20(19)14-7-2-1-6-13(14)17-15(20)10-8-11-4-3-5-12(9-10)16-11/h1-2,6-8,11-12,16H,3-5,9H2. The Hall–Kier alpha value is -1.46. The van der Waals surface area contributed by atoms with Crippen molar-refractivity contribution in [2.45, 2.75) is 42.7 Å². The molecule has 0 saturated carbocycles. The zero-order valence-electron chi connectivity index (χ0n) is 11.0. The predicted octanol–water partition coefficient (Wildman–Crippen LogP) is 2.34. The highest BCUT2D eigenvalue weighted by molar-refractivity contribution is 8.07. The van der Waals surface area contributed by atoms with Gasteiger partial charge < -0.3 is 5.32 Å². The van der Waals surface area contributed by atoms with Gasteiger partial charge in [0.1, 0.15) is 0 Å². The molecule has 1 aromatic rings. The lowest BCUT2D eigenvalue weighted by molar-refractivity contribution is 0.339. The molecule has 2 unspecified atom stereocenters. The van der Waals surface area contributed by atoms with Gasteiger partial charge in [0, 0.05) is 12.1 Å². The van der Waals surface area contributed by atoms with Gasteiger partial charge in [-0.2, -0.15) is 0 Å². The van der Waals surface area contributed by atoms with Gasteiger partial charge in [0.15, 0.2) is 5.04 Å². The van der Waals surface area contributed by atoms with E-state index in [0.717, 1.165) is 24.8 Å². The minimum absolute atomic E-state index is 0.275. The molecule has 2 atom stereocenters. The maximum Gasteiger partial charge on any atom is 0.226 e. The molecule has 0 spiro atoms. The van der Waals surface area contributed by atoms with E-state index in [1.54, 1.807) is 18.2 Å². The second-order valence-electron chi connectivity index (χ2n) is 5.69. The zero-order valence-corrected chi connectivity index (χ0v) is 11.9. The van der Waals surface area contributed by atoms with Crippen LogP contribution in [0, 0.1) is 0 Å². The number of aliphatic imine (C=N–C) groups is 1. The largest absolute Gasteiger partial charge is 0.307 e. The summed E-state index contributed by atoms with van der Waals surface area (Å²) in [5.41, 5.74) is 1.47. The van der Waals surface area contributed by atoms with Crippen molar-refractivity contribution in [1.82, 2.24) is 5.32 Å². The number of benzene rings is 1. The van der Waals surface area contributed by atoms with Crippen molar-refractivity contribution in [3.8, 4) is 0 Å². The van der Waals surface area contributed by atoms with Gasteiger partial charge in [-0.3, -0.25) is 0 Å². The van der Waals surface area contributed by atoms with E-state index in [4.69, 9.17) is 0 Å². The summed E-state index contributed by atoms with van der Waals surface area (Å²) in [4.78, 5) is 4.73. The smallest absolute Gasteiger partial charge is 0.226 e. The number of sulfone groups is 1. The molecule has 0 amide bonds. The molecule has 0 aliphatic carbocycles. The third-order valence-electron chi connectivity index (χ3n) is 4.29. The Kier molecular flexibility index (Phi) is 2.62. The Labute approximate surface area is 118 Å². The quantitative estimate of drug-likeness (QED) is 0.863.